The maximum atomic E-state index is 14.4. The predicted octanol–water partition coefficient (Wildman–Crippen LogP) is 19.8. The molecule has 0 saturated heterocycles. The summed E-state index contributed by atoms with van der Waals surface area (Å²) in [5.74, 6) is 1.65. The number of aryl methyl sites for hydroxylation is 3. The fraction of sp³-hybridized carbons (Fsp3) is 0.277. The Balaban J connectivity index is 0.000000158. The first-order chi connectivity index (χ1) is 59.0. The molecule has 4 aromatic heterocycles. The van der Waals surface area contributed by atoms with E-state index in [1.165, 1.54) is 22.5 Å². The van der Waals surface area contributed by atoms with Crippen LogP contribution in [0.25, 0.3) is 65.0 Å². The average Bonchev–Trinajstić information content (AvgIpc) is 0.792. The van der Waals surface area contributed by atoms with E-state index in [1.54, 1.807) is 26.2 Å². The fourth-order valence-electron chi connectivity index (χ4n) is 16.3. The molecule has 2 amide bonds. The van der Waals surface area contributed by atoms with Gasteiger partial charge in [0, 0.05) is 51.1 Å². The van der Waals surface area contributed by atoms with Crippen molar-refractivity contribution in [2.75, 3.05) is 39.3 Å². The Labute approximate surface area is 735 Å². The number of nitriles is 1. The number of hydrogen-bond acceptors (Lipinski definition) is 14. The molecule has 21 heteroatoms. The van der Waals surface area contributed by atoms with E-state index in [4.69, 9.17) is 43.8 Å². The minimum Gasteiger partial charge on any atom is -0.330 e. The van der Waals surface area contributed by atoms with Crippen molar-refractivity contribution in [2.45, 2.75) is 126 Å². The Hall–Kier alpha value is -11.4. The molecular weight excluding hydrogens is 1670 g/mol. The first kappa shape index (κ1) is 88.4. The van der Waals surface area contributed by atoms with E-state index in [2.05, 4.69) is 129 Å². The molecule has 624 valence electrons. The van der Waals surface area contributed by atoms with Crippen LogP contribution in [0.5, 0.6) is 0 Å². The van der Waals surface area contributed by atoms with E-state index in [0.717, 1.165) is 93.9 Å². The predicted molar refractivity (Wildman–Crippen MR) is 507 cm³/mol. The monoisotopic (exact) mass is 1770 g/mol. The summed E-state index contributed by atoms with van der Waals surface area (Å²) in [7, 11) is 0. The maximum absolute atomic E-state index is 14.4. The molecule has 11 aromatic carbocycles. The summed E-state index contributed by atoms with van der Waals surface area (Å²) < 4.78 is 6.86. The third-order valence-electron chi connectivity index (χ3n) is 22.4. The molecule has 3 atom stereocenters. The molecule has 0 fully saturated rings. The zero-order valence-corrected chi connectivity index (χ0v) is 74.4. The van der Waals surface area contributed by atoms with Crippen LogP contribution in [-0.2, 0) is 26.2 Å². The Morgan fingerprint density at radius 1 is 0.443 bits per heavy atom. The van der Waals surface area contributed by atoms with Crippen LogP contribution in [-0.4, -0.2) is 94.4 Å². The topological polar surface area (TPSA) is 250 Å². The molecule has 0 radical (unpaired) electrons. The van der Waals surface area contributed by atoms with E-state index >= 15 is 0 Å². The molecular formula is C101H105ClIN13O5S. The summed E-state index contributed by atoms with van der Waals surface area (Å²) in [6, 6.07) is 80.4. The third-order valence-corrected chi connectivity index (χ3v) is 24.8. The van der Waals surface area contributed by atoms with E-state index in [0.29, 0.717) is 119 Å². The summed E-state index contributed by atoms with van der Waals surface area (Å²) in [6.07, 6.45) is 2.09. The van der Waals surface area contributed by atoms with Gasteiger partial charge in [-0.25, -0.2) is 15.0 Å². The van der Waals surface area contributed by atoms with E-state index in [-0.39, 0.29) is 58.8 Å². The molecule has 0 aliphatic heterocycles. The second-order valence-electron chi connectivity index (χ2n) is 32.4. The number of carbonyl (C=O) groups is 2. The lowest BCUT2D eigenvalue weighted by Crippen LogP contribution is -2.42. The lowest BCUT2D eigenvalue weighted by atomic mass is 9.97. The Morgan fingerprint density at radius 3 is 1.32 bits per heavy atom. The SMILES string of the molecule is Cc1ccc(C(=O)N(CCCN)C(c2nc3c(C#N)c4ccccc4cc3c(=O)n2Cc2ccc(Cl)s2)C(C)C)cc1.Cc1ccc(C(=O)N(CCCN)C(c2nc3c(I)c4ccccc4cc3c(=O)n2Cc2ccccc2)C(C)C)cc1.Cc1ccc(CN(CCCN)C(c2nc3cc4ccccc4cc3c(=O)n2Cc2ccccc2)C(C)C)cc1. The number of benzene rings is 11. The molecule has 15 rings (SSSR count). The van der Waals surface area contributed by atoms with Crippen molar-refractivity contribution >= 4 is 122 Å². The number of thiophene rings is 1. The van der Waals surface area contributed by atoms with E-state index in [9.17, 15) is 29.2 Å². The van der Waals surface area contributed by atoms with Gasteiger partial charge in [-0.1, -0.05) is 252 Å². The van der Waals surface area contributed by atoms with Gasteiger partial charge >= 0.3 is 0 Å². The van der Waals surface area contributed by atoms with Crippen molar-refractivity contribution in [1.29, 1.82) is 5.26 Å². The van der Waals surface area contributed by atoms with Crippen molar-refractivity contribution < 1.29 is 9.59 Å². The molecule has 15 aromatic rings. The third kappa shape index (κ3) is 20.0. The largest absolute Gasteiger partial charge is 0.330 e. The first-order valence-corrected chi connectivity index (χ1v) is 44.1. The minimum atomic E-state index is -0.573. The summed E-state index contributed by atoms with van der Waals surface area (Å²) in [6.45, 7) is 23.7. The van der Waals surface area contributed by atoms with Gasteiger partial charge in [-0.05, 0) is 204 Å². The van der Waals surface area contributed by atoms with Crippen LogP contribution in [0.1, 0.15) is 161 Å². The van der Waals surface area contributed by atoms with Crippen LogP contribution >= 0.6 is 45.5 Å². The minimum absolute atomic E-state index is 0.00404. The lowest BCUT2D eigenvalue weighted by molar-refractivity contribution is 0.0596. The van der Waals surface area contributed by atoms with Gasteiger partial charge in [-0.15, -0.1) is 11.3 Å². The summed E-state index contributed by atoms with van der Waals surface area (Å²) in [5.41, 5.74) is 27.4. The first-order valence-electron chi connectivity index (χ1n) is 41.9. The lowest BCUT2D eigenvalue weighted by Gasteiger charge is -2.35. The molecule has 3 unspecified atom stereocenters. The number of aromatic nitrogens is 6. The van der Waals surface area contributed by atoms with Gasteiger partial charge in [0.25, 0.3) is 28.5 Å². The zero-order valence-electron chi connectivity index (χ0n) is 70.7. The van der Waals surface area contributed by atoms with Crippen molar-refractivity contribution in [3.8, 4) is 6.07 Å². The molecule has 0 aliphatic rings. The molecule has 18 nitrogen and oxygen atoms in total. The number of amides is 2. The molecule has 0 bridgehead atoms. The second kappa shape index (κ2) is 40.5. The Kier molecular flexibility index (Phi) is 29.4. The molecule has 6 N–H and O–H groups in total. The number of halogens is 2. The zero-order chi connectivity index (χ0) is 86.4. The molecule has 0 spiro atoms. The second-order valence-corrected chi connectivity index (χ2v) is 35.3. The molecule has 4 heterocycles. The Morgan fingerprint density at radius 2 is 0.844 bits per heavy atom. The van der Waals surface area contributed by atoms with Gasteiger partial charge in [-0.3, -0.25) is 42.6 Å². The normalized spacial score (nSPS) is 12.3. The summed E-state index contributed by atoms with van der Waals surface area (Å²) in [4.78, 5) is 93.8. The highest BCUT2D eigenvalue weighted by atomic mass is 127. The van der Waals surface area contributed by atoms with Crippen LogP contribution in [0.2, 0.25) is 4.34 Å². The van der Waals surface area contributed by atoms with Crippen molar-refractivity contribution in [2.24, 2.45) is 35.0 Å². The maximum Gasteiger partial charge on any atom is 0.261 e. The number of rotatable bonds is 28. The van der Waals surface area contributed by atoms with Crippen LogP contribution in [0.4, 0.5) is 0 Å². The van der Waals surface area contributed by atoms with Crippen molar-refractivity contribution in [1.82, 2.24) is 43.4 Å². The highest BCUT2D eigenvalue weighted by molar-refractivity contribution is 14.1. The number of fused-ring (bicyclic) bond motifs is 6. The average molecular weight is 1780 g/mol. The standard InChI is InChI=1S/C34H35IN4O2.C34H38N4O.C33H32ClN5O2S/c1-22(2)31(38(19-9-18-36)33(40)25-16-14-23(3)15-17-25)32-37-30-28(20-26-12-7-8-13-27(26)29(30)35)34(41)39(32)21-24-10-5-4-6-11-24;1-24(2)32(37(19-9-18-35)22-27-16-14-25(3)15-17-27)33-36-31-21-29-13-8-7-12-28(29)20-30(31)34(39)38(33)23-26-10-5-4-6-11-26;1-20(2)30(38(16-6-15-35)32(40)22-11-9-21(3)10-12-22)31-37-29-26(17-23-7-4-5-8-25(23)27(29)18-36)33(41)39(31)19-24-13-14-28(34)42-24/h4-8,10-17,20,22,31H,9,18-19,21,36H2,1-3H3;4-8,10-17,20-21,24,32H,9,18-19,22-23,35H2,1-3H3;4-5,7-14,17,20,30H,6,15-16,19,35H2,1-3H3. The molecule has 122 heavy (non-hydrogen) atoms. The van der Waals surface area contributed by atoms with E-state index < -0.39 is 12.1 Å². The van der Waals surface area contributed by atoms with Crippen LogP contribution in [0, 0.1) is 53.4 Å². The summed E-state index contributed by atoms with van der Waals surface area (Å²) >= 11 is 9.96. The summed E-state index contributed by atoms with van der Waals surface area (Å²) in [5, 5.41) is 17.6. The smallest absolute Gasteiger partial charge is 0.261 e. The van der Waals surface area contributed by atoms with E-state index in [1.807, 2.05) is 207 Å². The van der Waals surface area contributed by atoms with Crippen molar-refractivity contribution in [3.63, 3.8) is 0 Å². The van der Waals surface area contributed by atoms with Crippen LogP contribution < -0.4 is 33.9 Å². The van der Waals surface area contributed by atoms with Crippen LogP contribution in [0.3, 0.4) is 0 Å². The Bertz CT molecular complexity index is 6470. The van der Waals surface area contributed by atoms with Gasteiger partial charge in [0.2, 0.25) is 0 Å². The highest BCUT2D eigenvalue weighted by Gasteiger charge is 2.37. The van der Waals surface area contributed by atoms with Gasteiger partial charge in [-0.2, -0.15) is 5.26 Å². The van der Waals surface area contributed by atoms with Crippen molar-refractivity contribution in [3.05, 3.63) is 354 Å². The number of hydrogen-bond donors (Lipinski definition) is 3. The number of carbonyl (C=O) groups excluding carboxylic acids is 2. The van der Waals surface area contributed by atoms with Crippen LogP contribution in [0.15, 0.2) is 257 Å². The van der Waals surface area contributed by atoms with Gasteiger partial charge in [0.15, 0.2) is 0 Å². The van der Waals surface area contributed by atoms with Gasteiger partial charge < -0.3 is 27.0 Å². The molecule has 0 aliphatic carbocycles. The number of nitrogens with zero attached hydrogens (tertiary/aromatic N) is 10. The van der Waals surface area contributed by atoms with Gasteiger partial charge in [0.1, 0.15) is 23.5 Å². The fourth-order valence-corrected chi connectivity index (χ4v) is 18.3. The highest BCUT2D eigenvalue weighted by Crippen LogP contribution is 2.38. The molecule has 0 saturated carbocycles. The van der Waals surface area contributed by atoms with Gasteiger partial charge in [0.05, 0.1) is 80.4 Å². The quantitative estimate of drug-likeness (QED) is 0.0305. The number of nitrogens with two attached hydrogens (primary N) is 3.